The summed E-state index contributed by atoms with van der Waals surface area (Å²) in [5, 5.41) is 3.34. The Hall–Kier alpha value is -1.39. The van der Waals surface area contributed by atoms with Gasteiger partial charge in [-0.25, -0.2) is 0 Å². The number of hydrogen-bond acceptors (Lipinski definition) is 4. The van der Waals surface area contributed by atoms with Crippen molar-refractivity contribution in [1.29, 1.82) is 0 Å². The Balaban J connectivity index is 1.67. The van der Waals surface area contributed by atoms with E-state index in [4.69, 9.17) is 4.74 Å². The zero-order valence-electron chi connectivity index (χ0n) is 11.5. The molecule has 0 aromatic heterocycles. The molecule has 1 fully saturated rings. The van der Waals surface area contributed by atoms with Crippen LogP contribution in [0, 0.1) is 0 Å². The molecule has 0 radical (unpaired) electrons. The van der Waals surface area contributed by atoms with Gasteiger partial charge in [-0.05, 0) is 12.5 Å². The van der Waals surface area contributed by atoms with Crippen LogP contribution in [0.5, 0.6) is 0 Å². The van der Waals surface area contributed by atoms with E-state index >= 15 is 0 Å². The van der Waals surface area contributed by atoms with Crippen molar-refractivity contribution in [1.82, 2.24) is 10.2 Å². The van der Waals surface area contributed by atoms with E-state index < -0.39 is 0 Å². The highest BCUT2D eigenvalue weighted by Crippen LogP contribution is 2.05. The van der Waals surface area contributed by atoms with Crippen LogP contribution >= 0.6 is 0 Å². The first kappa shape index (κ1) is 14.0. The Morgan fingerprint density at radius 3 is 2.95 bits per heavy atom. The smallest absolute Gasteiger partial charge is 0.307 e. The highest BCUT2D eigenvalue weighted by molar-refractivity contribution is 5.69. The number of benzene rings is 1. The summed E-state index contributed by atoms with van der Waals surface area (Å²) in [4.78, 5) is 14.0. The number of hydrogen-bond donors (Lipinski definition) is 1. The molecule has 4 nitrogen and oxygen atoms in total. The highest BCUT2D eigenvalue weighted by atomic mass is 16.5. The summed E-state index contributed by atoms with van der Waals surface area (Å²) >= 11 is 0. The fraction of sp³-hybridized carbons (Fsp3) is 0.533. The van der Waals surface area contributed by atoms with Crippen LogP contribution < -0.4 is 5.32 Å². The summed E-state index contributed by atoms with van der Waals surface area (Å²) in [7, 11) is 0. The zero-order chi connectivity index (χ0) is 13.5. The second-order valence-electron chi connectivity index (χ2n) is 4.99. The lowest BCUT2D eigenvalue weighted by Crippen LogP contribution is -2.50. The third-order valence-electron chi connectivity index (χ3n) is 3.48. The van der Waals surface area contributed by atoms with Crippen molar-refractivity contribution < 1.29 is 9.53 Å². The van der Waals surface area contributed by atoms with Crippen molar-refractivity contribution in [3.63, 3.8) is 0 Å². The molecule has 1 aromatic carbocycles. The molecule has 1 aliphatic rings. The maximum absolute atomic E-state index is 11.7. The zero-order valence-corrected chi connectivity index (χ0v) is 11.5. The van der Waals surface area contributed by atoms with Crippen molar-refractivity contribution in [2.75, 3.05) is 26.2 Å². The minimum atomic E-state index is -0.116. The minimum absolute atomic E-state index is 0.116. The van der Waals surface area contributed by atoms with E-state index in [9.17, 15) is 4.79 Å². The lowest BCUT2D eigenvalue weighted by Gasteiger charge is -2.33. The standard InChI is InChI=1S/C15H22N2O2/c1-13-11-16-8-10-17(13)9-7-15(18)19-12-14-5-3-2-4-6-14/h2-6,13,16H,7-12H2,1H3. The van der Waals surface area contributed by atoms with Gasteiger partial charge >= 0.3 is 5.97 Å². The first-order valence-electron chi connectivity index (χ1n) is 6.90. The Kier molecular flexibility index (Phi) is 5.36. The minimum Gasteiger partial charge on any atom is -0.461 e. The quantitative estimate of drug-likeness (QED) is 0.815. The van der Waals surface area contributed by atoms with Crippen LogP contribution in [0.1, 0.15) is 18.9 Å². The van der Waals surface area contributed by atoms with Crippen molar-refractivity contribution in [2.45, 2.75) is 26.0 Å². The highest BCUT2D eigenvalue weighted by Gasteiger charge is 2.18. The number of nitrogens with zero attached hydrogens (tertiary/aromatic N) is 1. The van der Waals surface area contributed by atoms with E-state index in [1.165, 1.54) is 0 Å². The molecule has 1 aliphatic heterocycles. The van der Waals surface area contributed by atoms with E-state index in [1.807, 2.05) is 30.3 Å². The van der Waals surface area contributed by atoms with Crippen LogP contribution in [0.3, 0.4) is 0 Å². The molecular formula is C15H22N2O2. The molecule has 104 valence electrons. The van der Waals surface area contributed by atoms with E-state index in [-0.39, 0.29) is 5.97 Å². The van der Waals surface area contributed by atoms with Crippen LogP contribution in [0.4, 0.5) is 0 Å². The molecule has 4 heteroatoms. The fourth-order valence-corrected chi connectivity index (χ4v) is 2.26. The summed E-state index contributed by atoms with van der Waals surface area (Å²) in [6, 6.07) is 10.3. The number of piperazine rings is 1. The maximum Gasteiger partial charge on any atom is 0.307 e. The van der Waals surface area contributed by atoms with E-state index in [1.54, 1.807) is 0 Å². The van der Waals surface area contributed by atoms with E-state index in [0.717, 1.165) is 31.7 Å². The fourth-order valence-electron chi connectivity index (χ4n) is 2.26. The summed E-state index contributed by atoms with van der Waals surface area (Å²) in [6.07, 6.45) is 0.469. The van der Waals surface area contributed by atoms with Crippen molar-refractivity contribution in [3.8, 4) is 0 Å². The SMILES string of the molecule is CC1CNCCN1CCC(=O)OCc1ccccc1. The van der Waals surface area contributed by atoms with Crippen molar-refractivity contribution >= 4 is 5.97 Å². The Bertz CT molecular complexity index is 394. The summed E-state index contributed by atoms with van der Waals surface area (Å²) in [5.41, 5.74) is 1.03. The predicted molar refractivity (Wildman–Crippen MR) is 74.8 cm³/mol. The van der Waals surface area contributed by atoms with Gasteiger partial charge in [0.15, 0.2) is 0 Å². The third-order valence-corrected chi connectivity index (χ3v) is 3.48. The number of carbonyl (C=O) groups excluding carboxylic acids is 1. The van der Waals surface area contributed by atoms with Gasteiger partial charge in [-0.15, -0.1) is 0 Å². The van der Waals surface area contributed by atoms with Crippen LogP contribution in [0.15, 0.2) is 30.3 Å². The van der Waals surface area contributed by atoms with Gasteiger partial charge in [0.25, 0.3) is 0 Å². The molecule has 2 rings (SSSR count). The molecule has 1 unspecified atom stereocenters. The lowest BCUT2D eigenvalue weighted by molar-refractivity contribution is -0.145. The van der Waals surface area contributed by atoms with Gasteiger partial charge in [0.1, 0.15) is 6.61 Å². The number of esters is 1. The molecular weight excluding hydrogens is 240 g/mol. The topological polar surface area (TPSA) is 41.6 Å². The van der Waals surface area contributed by atoms with Crippen LogP contribution in [0.25, 0.3) is 0 Å². The number of rotatable bonds is 5. The molecule has 0 spiro atoms. The Morgan fingerprint density at radius 1 is 1.42 bits per heavy atom. The largest absolute Gasteiger partial charge is 0.461 e. The van der Waals surface area contributed by atoms with Crippen molar-refractivity contribution in [3.05, 3.63) is 35.9 Å². The predicted octanol–water partition coefficient (Wildman–Crippen LogP) is 1.41. The van der Waals surface area contributed by atoms with Gasteiger partial charge in [0, 0.05) is 32.2 Å². The van der Waals surface area contributed by atoms with Crippen LogP contribution in [-0.2, 0) is 16.1 Å². The third kappa shape index (κ3) is 4.65. The molecule has 0 amide bonds. The first-order chi connectivity index (χ1) is 9.25. The number of nitrogens with one attached hydrogen (secondary N) is 1. The van der Waals surface area contributed by atoms with Crippen LogP contribution in [0.2, 0.25) is 0 Å². The van der Waals surface area contributed by atoms with E-state index in [2.05, 4.69) is 17.1 Å². The van der Waals surface area contributed by atoms with Gasteiger partial charge in [-0.2, -0.15) is 0 Å². The molecule has 1 aromatic rings. The van der Waals surface area contributed by atoms with E-state index in [0.29, 0.717) is 19.1 Å². The summed E-state index contributed by atoms with van der Waals surface area (Å²) in [6.45, 7) is 6.35. The van der Waals surface area contributed by atoms with Crippen LogP contribution in [-0.4, -0.2) is 43.1 Å². The van der Waals surface area contributed by atoms with Gasteiger partial charge < -0.3 is 10.1 Å². The molecule has 0 bridgehead atoms. The number of carbonyl (C=O) groups is 1. The van der Waals surface area contributed by atoms with Gasteiger partial charge in [-0.1, -0.05) is 30.3 Å². The second-order valence-corrected chi connectivity index (χ2v) is 4.99. The molecule has 1 N–H and O–H groups in total. The Labute approximate surface area is 114 Å². The molecule has 1 saturated heterocycles. The van der Waals surface area contributed by atoms with Gasteiger partial charge in [0.05, 0.1) is 6.42 Å². The first-order valence-corrected chi connectivity index (χ1v) is 6.90. The normalized spacial score (nSPS) is 20.2. The summed E-state index contributed by atoms with van der Waals surface area (Å²) < 4.78 is 5.27. The second kappa shape index (κ2) is 7.26. The monoisotopic (exact) mass is 262 g/mol. The Morgan fingerprint density at radius 2 is 2.21 bits per heavy atom. The molecule has 0 saturated carbocycles. The molecule has 1 atom stereocenters. The molecule has 0 aliphatic carbocycles. The molecule has 19 heavy (non-hydrogen) atoms. The maximum atomic E-state index is 11.7. The molecule has 1 heterocycles. The average Bonchev–Trinajstić information content (AvgIpc) is 2.45. The average molecular weight is 262 g/mol. The van der Waals surface area contributed by atoms with Gasteiger partial charge in [0.2, 0.25) is 0 Å². The van der Waals surface area contributed by atoms with Crippen molar-refractivity contribution in [2.24, 2.45) is 0 Å². The lowest BCUT2D eigenvalue weighted by atomic mass is 10.2. The van der Waals surface area contributed by atoms with Gasteiger partial charge in [-0.3, -0.25) is 9.69 Å². The summed E-state index contributed by atoms with van der Waals surface area (Å²) in [5.74, 6) is -0.116. The number of ether oxygens (including phenoxy) is 1.